The first-order chi connectivity index (χ1) is 11.1. The summed E-state index contributed by atoms with van der Waals surface area (Å²) in [5.41, 5.74) is 5.39. The second-order valence-electron chi connectivity index (χ2n) is 6.53. The van der Waals surface area contributed by atoms with E-state index in [1.807, 2.05) is 12.1 Å². The highest BCUT2D eigenvalue weighted by molar-refractivity contribution is 5.56. The zero-order valence-corrected chi connectivity index (χ0v) is 14.0. The van der Waals surface area contributed by atoms with Crippen molar-refractivity contribution in [1.82, 2.24) is 5.32 Å². The molecule has 3 nitrogen and oxygen atoms in total. The number of nitrogens with one attached hydrogen (secondary N) is 1. The molecule has 2 aromatic carbocycles. The zero-order chi connectivity index (χ0) is 16.2. The lowest BCUT2D eigenvalue weighted by Gasteiger charge is -2.35. The fourth-order valence-corrected chi connectivity index (χ4v) is 3.28. The minimum Gasteiger partial charge on any atom is -0.508 e. The Bertz CT molecular complexity index is 643. The molecular formula is C20H26N2O. The van der Waals surface area contributed by atoms with Gasteiger partial charge in [0.05, 0.1) is 0 Å². The van der Waals surface area contributed by atoms with Crippen molar-refractivity contribution >= 4 is 5.69 Å². The Kier molecular flexibility index (Phi) is 4.87. The van der Waals surface area contributed by atoms with E-state index in [9.17, 15) is 5.11 Å². The van der Waals surface area contributed by atoms with Crippen LogP contribution in [0.4, 0.5) is 5.69 Å². The molecule has 0 atom stereocenters. The summed E-state index contributed by atoms with van der Waals surface area (Å²) in [6.45, 7) is 7.49. The van der Waals surface area contributed by atoms with E-state index in [0.29, 0.717) is 11.8 Å². The Morgan fingerprint density at radius 3 is 2.43 bits per heavy atom. The van der Waals surface area contributed by atoms with Crippen molar-refractivity contribution < 1.29 is 5.11 Å². The van der Waals surface area contributed by atoms with Gasteiger partial charge < -0.3 is 15.3 Å². The molecule has 0 aliphatic carbocycles. The van der Waals surface area contributed by atoms with Crippen LogP contribution in [0.25, 0.3) is 0 Å². The number of aromatic hydroxyl groups is 1. The number of hydrogen-bond acceptors (Lipinski definition) is 3. The van der Waals surface area contributed by atoms with Crippen molar-refractivity contribution in [1.29, 1.82) is 0 Å². The molecule has 0 unspecified atom stereocenters. The number of anilines is 1. The van der Waals surface area contributed by atoms with Crippen LogP contribution in [0.15, 0.2) is 42.5 Å². The van der Waals surface area contributed by atoms with Gasteiger partial charge in [-0.1, -0.05) is 24.3 Å². The fourth-order valence-electron chi connectivity index (χ4n) is 3.28. The summed E-state index contributed by atoms with van der Waals surface area (Å²) in [6.07, 6.45) is 2.34. The minimum absolute atomic E-state index is 0.329. The van der Waals surface area contributed by atoms with Crippen LogP contribution in [-0.4, -0.2) is 24.2 Å². The number of hydrogen-bond donors (Lipinski definition) is 2. The summed E-state index contributed by atoms with van der Waals surface area (Å²) >= 11 is 0. The van der Waals surface area contributed by atoms with Crippen LogP contribution < -0.4 is 10.2 Å². The Morgan fingerprint density at radius 2 is 1.74 bits per heavy atom. The predicted molar refractivity (Wildman–Crippen MR) is 96.1 cm³/mol. The summed E-state index contributed by atoms with van der Waals surface area (Å²) in [5, 5.41) is 13.0. The molecule has 0 aromatic heterocycles. The maximum Gasteiger partial charge on any atom is 0.115 e. The lowest BCUT2D eigenvalue weighted by Crippen LogP contribution is -2.42. The highest BCUT2D eigenvalue weighted by atomic mass is 16.3. The number of benzene rings is 2. The van der Waals surface area contributed by atoms with Crippen LogP contribution >= 0.6 is 0 Å². The van der Waals surface area contributed by atoms with Crippen molar-refractivity contribution in [3.8, 4) is 5.75 Å². The number of nitrogens with zero attached hydrogens (tertiary/aromatic N) is 1. The summed E-state index contributed by atoms with van der Waals surface area (Å²) < 4.78 is 0. The smallest absolute Gasteiger partial charge is 0.115 e. The third-order valence-corrected chi connectivity index (χ3v) is 4.94. The number of phenols is 1. The largest absolute Gasteiger partial charge is 0.508 e. The SMILES string of the molecule is Cc1cccc(N2CCC(NCc3ccc(O)cc3)CC2)c1C. The molecule has 3 rings (SSSR count). The van der Waals surface area contributed by atoms with Gasteiger partial charge >= 0.3 is 0 Å². The van der Waals surface area contributed by atoms with Crippen LogP contribution in [0, 0.1) is 13.8 Å². The van der Waals surface area contributed by atoms with Crippen molar-refractivity contribution in [3.63, 3.8) is 0 Å². The van der Waals surface area contributed by atoms with Gasteiger partial charge in [0.2, 0.25) is 0 Å². The first-order valence-corrected chi connectivity index (χ1v) is 8.46. The second-order valence-corrected chi connectivity index (χ2v) is 6.53. The third-order valence-electron chi connectivity index (χ3n) is 4.94. The van der Waals surface area contributed by atoms with Crippen LogP contribution in [0.2, 0.25) is 0 Å². The quantitative estimate of drug-likeness (QED) is 0.902. The summed E-state index contributed by atoms with van der Waals surface area (Å²) in [7, 11) is 0. The molecule has 1 fully saturated rings. The Labute approximate surface area is 139 Å². The Morgan fingerprint density at radius 1 is 1.04 bits per heavy atom. The van der Waals surface area contributed by atoms with Gasteiger partial charge in [0.25, 0.3) is 0 Å². The van der Waals surface area contributed by atoms with Gasteiger partial charge in [0.1, 0.15) is 5.75 Å². The molecule has 23 heavy (non-hydrogen) atoms. The number of piperidine rings is 1. The van der Waals surface area contributed by atoms with Gasteiger partial charge in [0, 0.05) is 31.4 Å². The fraction of sp³-hybridized carbons (Fsp3) is 0.400. The van der Waals surface area contributed by atoms with E-state index in [-0.39, 0.29) is 0 Å². The van der Waals surface area contributed by atoms with Crippen molar-refractivity contribution in [2.45, 2.75) is 39.3 Å². The predicted octanol–water partition coefficient (Wildman–Crippen LogP) is 3.77. The molecule has 0 bridgehead atoms. The molecule has 2 aromatic rings. The normalized spacial score (nSPS) is 15.8. The first kappa shape index (κ1) is 15.9. The third kappa shape index (κ3) is 3.85. The second kappa shape index (κ2) is 7.05. The van der Waals surface area contributed by atoms with Crippen LogP contribution in [0.5, 0.6) is 5.75 Å². The van der Waals surface area contributed by atoms with Gasteiger partial charge in [-0.05, 0) is 61.6 Å². The number of phenolic OH excluding ortho intramolecular Hbond substituents is 1. The molecule has 3 heteroatoms. The van der Waals surface area contributed by atoms with Gasteiger partial charge in [-0.2, -0.15) is 0 Å². The van der Waals surface area contributed by atoms with Gasteiger partial charge in [0.15, 0.2) is 0 Å². The number of aryl methyl sites for hydroxylation is 1. The van der Waals surface area contributed by atoms with E-state index < -0.39 is 0 Å². The van der Waals surface area contributed by atoms with Gasteiger partial charge in [-0.25, -0.2) is 0 Å². The molecule has 122 valence electrons. The molecule has 1 aliphatic rings. The Hall–Kier alpha value is -2.00. The van der Waals surface area contributed by atoms with E-state index in [4.69, 9.17) is 0 Å². The van der Waals surface area contributed by atoms with E-state index in [1.165, 1.54) is 35.2 Å². The molecular weight excluding hydrogens is 284 g/mol. The summed E-state index contributed by atoms with van der Waals surface area (Å²) in [4.78, 5) is 2.51. The van der Waals surface area contributed by atoms with Crippen molar-refractivity contribution in [3.05, 3.63) is 59.2 Å². The topological polar surface area (TPSA) is 35.5 Å². The molecule has 0 saturated carbocycles. The van der Waals surface area contributed by atoms with E-state index in [2.05, 4.69) is 42.3 Å². The van der Waals surface area contributed by atoms with Crippen molar-refractivity contribution in [2.24, 2.45) is 0 Å². The summed E-state index contributed by atoms with van der Waals surface area (Å²) in [6, 6.07) is 14.6. The van der Waals surface area contributed by atoms with Crippen LogP contribution in [0.1, 0.15) is 29.5 Å². The highest BCUT2D eigenvalue weighted by Crippen LogP contribution is 2.26. The molecule has 0 spiro atoms. The van der Waals surface area contributed by atoms with Gasteiger partial charge in [-0.3, -0.25) is 0 Å². The zero-order valence-electron chi connectivity index (χ0n) is 14.0. The molecule has 1 heterocycles. The maximum atomic E-state index is 9.33. The van der Waals surface area contributed by atoms with Crippen LogP contribution in [-0.2, 0) is 6.54 Å². The maximum absolute atomic E-state index is 9.33. The average Bonchev–Trinajstić information content (AvgIpc) is 2.57. The molecule has 0 amide bonds. The lowest BCUT2D eigenvalue weighted by molar-refractivity contribution is 0.413. The van der Waals surface area contributed by atoms with Crippen LogP contribution in [0.3, 0.4) is 0 Å². The van der Waals surface area contributed by atoms with E-state index in [1.54, 1.807) is 12.1 Å². The summed E-state index contributed by atoms with van der Waals surface area (Å²) in [5.74, 6) is 0.329. The number of rotatable bonds is 4. The molecule has 1 saturated heterocycles. The molecule has 0 radical (unpaired) electrons. The average molecular weight is 310 g/mol. The monoisotopic (exact) mass is 310 g/mol. The highest BCUT2D eigenvalue weighted by Gasteiger charge is 2.20. The lowest BCUT2D eigenvalue weighted by atomic mass is 10.0. The van der Waals surface area contributed by atoms with E-state index in [0.717, 1.165) is 19.6 Å². The van der Waals surface area contributed by atoms with Gasteiger partial charge in [-0.15, -0.1) is 0 Å². The van der Waals surface area contributed by atoms with E-state index >= 15 is 0 Å². The molecule has 2 N–H and O–H groups in total. The minimum atomic E-state index is 0.329. The first-order valence-electron chi connectivity index (χ1n) is 8.46. The standard InChI is InChI=1S/C20H26N2O/c1-15-4-3-5-20(16(15)2)22-12-10-18(11-13-22)21-14-17-6-8-19(23)9-7-17/h3-9,18,21,23H,10-14H2,1-2H3. The van der Waals surface area contributed by atoms with Crippen molar-refractivity contribution in [2.75, 3.05) is 18.0 Å². The molecule has 1 aliphatic heterocycles. The Balaban J connectivity index is 1.52.